The van der Waals surface area contributed by atoms with Crippen molar-refractivity contribution in [1.82, 2.24) is 5.32 Å². The van der Waals surface area contributed by atoms with Crippen molar-refractivity contribution in [1.29, 1.82) is 0 Å². The highest BCUT2D eigenvalue weighted by molar-refractivity contribution is 5.80. The van der Waals surface area contributed by atoms with Gasteiger partial charge in [-0.3, -0.25) is 4.79 Å². The van der Waals surface area contributed by atoms with Gasteiger partial charge in [0.1, 0.15) is 5.84 Å². The summed E-state index contributed by atoms with van der Waals surface area (Å²) in [6, 6.07) is 0. The van der Waals surface area contributed by atoms with Gasteiger partial charge in [0.25, 0.3) is 0 Å². The SMILES string of the molecule is CC(C)C(=O)NCCCC(N)=NO. The fraction of sp³-hybridized carbons (Fsp3) is 0.750. The van der Waals surface area contributed by atoms with Crippen molar-refractivity contribution in [2.75, 3.05) is 6.54 Å². The molecule has 0 aliphatic rings. The lowest BCUT2D eigenvalue weighted by Gasteiger charge is -2.06. The van der Waals surface area contributed by atoms with Crippen molar-refractivity contribution in [3.8, 4) is 0 Å². The van der Waals surface area contributed by atoms with Crippen LogP contribution in [0.3, 0.4) is 0 Å². The topological polar surface area (TPSA) is 87.7 Å². The predicted molar refractivity (Wildman–Crippen MR) is 50.5 cm³/mol. The second-order valence-electron chi connectivity index (χ2n) is 3.14. The summed E-state index contributed by atoms with van der Waals surface area (Å²) in [6.45, 7) is 4.23. The van der Waals surface area contributed by atoms with Crippen LogP contribution in [0.15, 0.2) is 5.16 Å². The third-order valence-electron chi connectivity index (χ3n) is 1.56. The van der Waals surface area contributed by atoms with Gasteiger partial charge in [0.2, 0.25) is 5.91 Å². The number of hydrogen-bond acceptors (Lipinski definition) is 3. The molecule has 5 heteroatoms. The van der Waals surface area contributed by atoms with E-state index in [4.69, 9.17) is 10.9 Å². The molecule has 0 unspecified atom stereocenters. The maximum absolute atomic E-state index is 11.0. The number of nitrogens with zero attached hydrogens (tertiary/aromatic N) is 1. The van der Waals surface area contributed by atoms with Gasteiger partial charge in [0.15, 0.2) is 0 Å². The van der Waals surface area contributed by atoms with Crippen molar-refractivity contribution >= 4 is 11.7 Å². The zero-order valence-corrected chi connectivity index (χ0v) is 8.08. The number of nitrogens with two attached hydrogens (primary N) is 1. The standard InChI is InChI=1S/C8H17N3O2/c1-6(2)8(12)10-5-3-4-7(9)11-13/h6,13H,3-5H2,1-2H3,(H2,9,11)(H,10,12). The molecule has 0 radical (unpaired) electrons. The zero-order chi connectivity index (χ0) is 10.3. The molecular formula is C8H17N3O2. The van der Waals surface area contributed by atoms with E-state index in [9.17, 15) is 4.79 Å². The molecule has 0 aromatic rings. The number of rotatable bonds is 5. The second-order valence-corrected chi connectivity index (χ2v) is 3.14. The third kappa shape index (κ3) is 5.95. The summed E-state index contributed by atoms with van der Waals surface area (Å²) in [7, 11) is 0. The zero-order valence-electron chi connectivity index (χ0n) is 8.08. The van der Waals surface area contributed by atoms with Crippen molar-refractivity contribution in [3.63, 3.8) is 0 Å². The number of nitrogens with one attached hydrogen (secondary N) is 1. The lowest BCUT2D eigenvalue weighted by Crippen LogP contribution is -2.29. The molecule has 0 fully saturated rings. The highest BCUT2D eigenvalue weighted by Gasteiger charge is 2.04. The first-order chi connectivity index (χ1) is 6.07. The molecule has 0 saturated carbocycles. The van der Waals surface area contributed by atoms with Crippen molar-refractivity contribution in [2.24, 2.45) is 16.8 Å². The Morgan fingerprint density at radius 3 is 2.69 bits per heavy atom. The summed E-state index contributed by atoms with van der Waals surface area (Å²) in [4.78, 5) is 11.0. The number of hydrogen-bond donors (Lipinski definition) is 3. The van der Waals surface area contributed by atoms with E-state index < -0.39 is 0 Å². The van der Waals surface area contributed by atoms with Gasteiger partial charge >= 0.3 is 0 Å². The van der Waals surface area contributed by atoms with Crippen molar-refractivity contribution < 1.29 is 10.0 Å². The number of amides is 1. The van der Waals surface area contributed by atoms with Gasteiger partial charge in [-0.25, -0.2) is 0 Å². The van der Waals surface area contributed by atoms with Crippen molar-refractivity contribution in [3.05, 3.63) is 0 Å². The van der Waals surface area contributed by atoms with E-state index >= 15 is 0 Å². The van der Waals surface area contributed by atoms with E-state index in [1.54, 1.807) is 0 Å². The summed E-state index contributed by atoms with van der Waals surface area (Å²) in [5, 5.41) is 13.8. The smallest absolute Gasteiger partial charge is 0.222 e. The van der Waals surface area contributed by atoms with Gasteiger partial charge < -0.3 is 16.3 Å². The molecule has 0 spiro atoms. The first kappa shape index (κ1) is 11.7. The van der Waals surface area contributed by atoms with E-state index in [0.29, 0.717) is 19.4 Å². The van der Waals surface area contributed by atoms with Crippen LogP contribution in [0.4, 0.5) is 0 Å². The number of oxime groups is 1. The molecule has 0 bridgehead atoms. The van der Waals surface area contributed by atoms with Gasteiger partial charge in [-0.15, -0.1) is 0 Å². The molecule has 0 aliphatic heterocycles. The maximum Gasteiger partial charge on any atom is 0.222 e. The largest absolute Gasteiger partial charge is 0.409 e. The van der Waals surface area contributed by atoms with Crippen molar-refractivity contribution in [2.45, 2.75) is 26.7 Å². The molecule has 0 heterocycles. The highest BCUT2D eigenvalue weighted by Crippen LogP contribution is 1.92. The number of amidine groups is 1. The molecule has 0 aromatic carbocycles. The summed E-state index contributed by atoms with van der Waals surface area (Å²) >= 11 is 0. The van der Waals surface area contributed by atoms with Crippen LogP contribution in [0.2, 0.25) is 0 Å². The van der Waals surface area contributed by atoms with Gasteiger partial charge in [-0.1, -0.05) is 19.0 Å². The molecule has 0 aliphatic carbocycles. The Hall–Kier alpha value is -1.26. The number of carbonyl (C=O) groups excluding carboxylic acids is 1. The summed E-state index contributed by atoms with van der Waals surface area (Å²) in [5.41, 5.74) is 5.24. The van der Waals surface area contributed by atoms with Gasteiger partial charge in [0.05, 0.1) is 0 Å². The lowest BCUT2D eigenvalue weighted by molar-refractivity contribution is -0.123. The molecule has 0 aromatic heterocycles. The Kier molecular flexibility index (Phi) is 5.67. The normalized spacial score (nSPS) is 11.8. The molecule has 5 nitrogen and oxygen atoms in total. The molecular weight excluding hydrogens is 170 g/mol. The molecule has 76 valence electrons. The van der Waals surface area contributed by atoms with Crippen LogP contribution in [0.25, 0.3) is 0 Å². The Bertz CT molecular complexity index is 190. The molecule has 0 rings (SSSR count). The van der Waals surface area contributed by atoms with Crippen LogP contribution in [0.5, 0.6) is 0 Å². The van der Waals surface area contributed by atoms with Crippen LogP contribution in [0.1, 0.15) is 26.7 Å². The summed E-state index contributed by atoms with van der Waals surface area (Å²) < 4.78 is 0. The van der Waals surface area contributed by atoms with Gasteiger partial charge in [-0.05, 0) is 6.42 Å². The van der Waals surface area contributed by atoms with Crippen LogP contribution >= 0.6 is 0 Å². The van der Waals surface area contributed by atoms with E-state index in [1.165, 1.54) is 0 Å². The fourth-order valence-electron chi connectivity index (χ4n) is 0.735. The first-order valence-electron chi connectivity index (χ1n) is 4.32. The van der Waals surface area contributed by atoms with E-state index in [1.807, 2.05) is 13.8 Å². The Labute approximate surface area is 78.0 Å². The van der Waals surface area contributed by atoms with Crippen LogP contribution in [-0.4, -0.2) is 23.5 Å². The summed E-state index contributed by atoms with van der Waals surface area (Å²) in [6.07, 6.45) is 1.18. The molecule has 4 N–H and O–H groups in total. The highest BCUT2D eigenvalue weighted by atomic mass is 16.4. The summed E-state index contributed by atoms with van der Waals surface area (Å²) in [5.74, 6) is 0.224. The minimum Gasteiger partial charge on any atom is -0.409 e. The van der Waals surface area contributed by atoms with E-state index in [2.05, 4.69) is 10.5 Å². The minimum atomic E-state index is 0.00357. The van der Waals surface area contributed by atoms with Gasteiger partial charge in [-0.2, -0.15) is 0 Å². The van der Waals surface area contributed by atoms with E-state index in [0.717, 1.165) is 0 Å². The van der Waals surface area contributed by atoms with E-state index in [-0.39, 0.29) is 17.7 Å². The predicted octanol–water partition coefficient (Wildman–Crippen LogP) is 0.285. The average Bonchev–Trinajstić information content (AvgIpc) is 2.11. The second kappa shape index (κ2) is 6.28. The average molecular weight is 187 g/mol. The first-order valence-corrected chi connectivity index (χ1v) is 4.32. The van der Waals surface area contributed by atoms with Crippen LogP contribution in [-0.2, 0) is 4.79 Å². The molecule has 0 atom stereocenters. The Morgan fingerprint density at radius 2 is 2.23 bits per heavy atom. The maximum atomic E-state index is 11.0. The number of carbonyl (C=O) groups is 1. The van der Waals surface area contributed by atoms with Crippen LogP contribution in [0, 0.1) is 5.92 Å². The quantitative estimate of drug-likeness (QED) is 0.190. The van der Waals surface area contributed by atoms with Crippen LogP contribution < -0.4 is 11.1 Å². The lowest BCUT2D eigenvalue weighted by atomic mass is 10.2. The molecule has 0 saturated heterocycles. The molecule has 13 heavy (non-hydrogen) atoms. The Morgan fingerprint density at radius 1 is 1.62 bits per heavy atom. The monoisotopic (exact) mass is 187 g/mol. The van der Waals surface area contributed by atoms with Gasteiger partial charge in [0, 0.05) is 18.9 Å². The third-order valence-corrected chi connectivity index (χ3v) is 1.56. The molecule has 1 amide bonds. The minimum absolute atomic E-state index is 0.00357. The fourth-order valence-corrected chi connectivity index (χ4v) is 0.735. The Balaban J connectivity index is 3.41.